The van der Waals surface area contributed by atoms with Crippen molar-refractivity contribution < 1.29 is 4.74 Å². The molecule has 3 rings (SSSR count). The first kappa shape index (κ1) is 17.2. The molecule has 2 aromatic heterocycles. The minimum absolute atomic E-state index is 0.647. The molecule has 0 atom stereocenters. The number of hydrogen-bond acceptors (Lipinski definition) is 4. The number of imidazole rings is 1. The highest BCUT2D eigenvalue weighted by molar-refractivity contribution is 5.43. The van der Waals surface area contributed by atoms with E-state index in [9.17, 15) is 0 Å². The van der Waals surface area contributed by atoms with Crippen LogP contribution < -0.4 is 10.1 Å². The fraction of sp³-hybridized carbons (Fsp3) is 0.300. The average molecular weight is 336 g/mol. The highest BCUT2D eigenvalue weighted by atomic mass is 16.5. The maximum Gasteiger partial charge on any atom is 0.223 e. The number of benzene rings is 1. The van der Waals surface area contributed by atoms with Crippen molar-refractivity contribution in [2.45, 2.75) is 33.9 Å². The topological polar surface area (TPSA) is 52.0 Å². The van der Waals surface area contributed by atoms with Gasteiger partial charge in [0.2, 0.25) is 5.88 Å². The standard InChI is InChI=1S/C20H24N4O/c1-14-7-5-8-15(2)19(14)25-20-17(9-6-10-22-20)11-21-12-18-13-23-16(3)24(18)4/h5-10,13,21H,11-12H2,1-4H3. The van der Waals surface area contributed by atoms with E-state index in [4.69, 9.17) is 4.74 Å². The van der Waals surface area contributed by atoms with Crippen molar-refractivity contribution in [3.8, 4) is 11.6 Å². The van der Waals surface area contributed by atoms with Crippen molar-refractivity contribution in [3.05, 3.63) is 70.9 Å². The zero-order valence-corrected chi connectivity index (χ0v) is 15.2. The molecule has 0 aliphatic heterocycles. The van der Waals surface area contributed by atoms with Gasteiger partial charge in [0.15, 0.2) is 0 Å². The van der Waals surface area contributed by atoms with Gasteiger partial charge in [0.1, 0.15) is 11.6 Å². The molecule has 0 unspecified atom stereocenters. The molecular formula is C20H24N4O. The van der Waals surface area contributed by atoms with Crippen molar-refractivity contribution >= 4 is 0 Å². The first-order valence-electron chi connectivity index (χ1n) is 8.42. The molecule has 0 saturated heterocycles. The summed E-state index contributed by atoms with van der Waals surface area (Å²) in [7, 11) is 2.03. The molecule has 0 bridgehead atoms. The maximum absolute atomic E-state index is 6.13. The van der Waals surface area contributed by atoms with Gasteiger partial charge in [0.25, 0.3) is 0 Å². The molecule has 130 valence electrons. The molecule has 1 aromatic carbocycles. The van der Waals surface area contributed by atoms with E-state index in [1.165, 1.54) is 0 Å². The molecule has 2 heterocycles. The van der Waals surface area contributed by atoms with Crippen LogP contribution in [0.25, 0.3) is 0 Å². The van der Waals surface area contributed by atoms with E-state index in [0.717, 1.165) is 40.5 Å². The van der Waals surface area contributed by atoms with Gasteiger partial charge in [-0.15, -0.1) is 0 Å². The molecule has 0 amide bonds. The van der Waals surface area contributed by atoms with E-state index in [0.29, 0.717) is 12.4 Å². The predicted molar refractivity (Wildman–Crippen MR) is 98.7 cm³/mol. The Morgan fingerprint density at radius 2 is 1.76 bits per heavy atom. The van der Waals surface area contributed by atoms with Gasteiger partial charge in [0, 0.05) is 38.1 Å². The second-order valence-electron chi connectivity index (χ2n) is 6.25. The lowest BCUT2D eigenvalue weighted by Gasteiger charge is -2.14. The van der Waals surface area contributed by atoms with Gasteiger partial charge in [-0.3, -0.25) is 0 Å². The van der Waals surface area contributed by atoms with Crippen LogP contribution >= 0.6 is 0 Å². The molecule has 0 spiro atoms. The van der Waals surface area contributed by atoms with Crippen LogP contribution in [0, 0.1) is 20.8 Å². The molecular weight excluding hydrogens is 312 g/mol. The lowest BCUT2D eigenvalue weighted by Crippen LogP contribution is -2.16. The van der Waals surface area contributed by atoms with Crippen molar-refractivity contribution in [1.82, 2.24) is 19.9 Å². The summed E-state index contributed by atoms with van der Waals surface area (Å²) in [5.41, 5.74) is 4.40. The van der Waals surface area contributed by atoms with Gasteiger partial charge in [-0.05, 0) is 38.0 Å². The molecule has 0 saturated carbocycles. The third-order valence-corrected chi connectivity index (χ3v) is 4.40. The molecule has 5 heteroatoms. The van der Waals surface area contributed by atoms with Gasteiger partial charge in [-0.2, -0.15) is 0 Å². The normalized spacial score (nSPS) is 10.9. The molecule has 0 aliphatic carbocycles. The monoisotopic (exact) mass is 336 g/mol. The number of hydrogen-bond donors (Lipinski definition) is 1. The summed E-state index contributed by atoms with van der Waals surface area (Å²) < 4.78 is 8.22. The fourth-order valence-corrected chi connectivity index (χ4v) is 2.75. The highest BCUT2D eigenvalue weighted by Gasteiger charge is 2.10. The minimum atomic E-state index is 0.647. The Morgan fingerprint density at radius 3 is 2.44 bits per heavy atom. The molecule has 25 heavy (non-hydrogen) atoms. The first-order chi connectivity index (χ1) is 12.1. The third kappa shape index (κ3) is 3.88. The lowest BCUT2D eigenvalue weighted by atomic mass is 10.1. The zero-order chi connectivity index (χ0) is 17.8. The van der Waals surface area contributed by atoms with Crippen LogP contribution in [0.5, 0.6) is 11.6 Å². The summed E-state index contributed by atoms with van der Waals surface area (Å²) in [5.74, 6) is 2.54. The smallest absolute Gasteiger partial charge is 0.223 e. The molecule has 3 aromatic rings. The van der Waals surface area contributed by atoms with Crippen LogP contribution in [0.2, 0.25) is 0 Å². The second-order valence-corrected chi connectivity index (χ2v) is 6.25. The largest absolute Gasteiger partial charge is 0.438 e. The first-order valence-corrected chi connectivity index (χ1v) is 8.42. The third-order valence-electron chi connectivity index (χ3n) is 4.40. The molecule has 0 fully saturated rings. The Hall–Kier alpha value is -2.66. The van der Waals surface area contributed by atoms with E-state index in [-0.39, 0.29) is 0 Å². The summed E-state index contributed by atoms with van der Waals surface area (Å²) in [6.07, 6.45) is 3.66. The Bertz CT molecular complexity index is 850. The van der Waals surface area contributed by atoms with E-state index in [2.05, 4.69) is 19.9 Å². The minimum Gasteiger partial charge on any atom is -0.438 e. The molecule has 5 nitrogen and oxygen atoms in total. The molecule has 0 aliphatic rings. The van der Waals surface area contributed by atoms with Crippen molar-refractivity contribution in [1.29, 1.82) is 0 Å². The van der Waals surface area contributed by atoms with E-state index < -0.39 is 0 Å². The fourth-order valence-electron chi connectivity index (χ4n) is 2.75. The number of para-hydroxylation sites is 1. The van der Waals surface area contributed by atoms with Gasteiger partial charge in [-0.1, -0.05) is 24.3 Å². The van der Waals surface area contributed by atoms with E-state index >= 15 is 0 Å². The summed E-state index contributed by atoms with van der Waals surface area (Å²) in [6, 6.07) is 10.1. The summed E-state index contributed by atoms with van der Waals surface area (Å²) in [4.78, 5) is 8.74. The summed E-state index contributed by atoms with van der Waals surface area (Å²) >= 11 is 0. The van der Waals surface area contributed by atoms with Crippen LogP contribution in [0.4, 0.5) is 0 Å². The predicted octanol–water partition coefficient (Wildman–Crippen LogP) is 3.82. The second kappa shape index (κ2) is 7.49. The lowest BCUT2D eigenvalue weighted by molar-refractivity contribution is 0.446. The van der Waals surface area contributed by atoms with Crippen LogP contribution in [-0.2, 0) is 20.1 Å². The van der Waals surface area contributed by atoms with Crippen LogP contribution in [-0.4, -0.2) is 14.5 Å². The maximum atomic E-state index is 6.13. The Kier molecular flexibility index (Phi) is 5.14. The van der Waals surface area contributed by atoms with Gasteiger partial charge in [0.05, 0.1) is 5.69 Å². The molecule has 0 radical (unpaired) electrons. The number of aromatic nitrogens is 3. The number of nitrogens with one attached hydrogen (secondary N) is 1. The number of nitrogens with zero attached hydrogens (tertiary/aromatic N) is 3. The van der Waals surface area contributed by atoms with Gasteiger partial charge >= 0.3 is 0 Å². The van der Waals surface area contributed by atoms with Crippen molar-refractivity contribution in [2.75, 3.05) is 0 Å². The zero-order valence-electron chi connectivity index (χ0n) is 15.2. The van der Waals surface area contributed by atoms with Gasteiger partial charge < -0.3 is 14.6 Å². The van der Waals surface area contributed by atoms with E-state index in [1.807, 2.05) is 64.3 Å². The Labute approximate surface area is 148 Å². The van der Waals surface area contributed by atoms with Crippen molar-refractivity contribution in [2.24, 2.45) is 7.05 Å². The number of pyridine rings is 1. The van der Waals surface area contributed by atoms with Crippen LogP contribution in [0.15, 0.2) is 42.7 Å². The number of ether oxygens (including phenoxy) is 1. The molecule has 1 N–H and O–H groups in total. The Balaban J connectivity index is 1.72. The SMILES string of the molecule is Cc1cccc(C)c1Oc1ncccc1CNCc1cnc(C)n1C. The average Bonchev–Trinajstić information content (AvgIpc) is 2.92. The van der Waals surface area contributed by atoms with Crippen molar-refractivity contribution in [3.63, 3.8) is 0 Å². The number of aryl methyl sites for hydroxylation is 3. The van der Waals surface area contributed by atoms with Crippen LogP contribution in [0.1, 0.15) is 28.2 Å². The number of rotatable bonds is 6. The van der Waals surface area contributed by atoms with Crippen LogP contribution in [0.3, 0.4) is 0 Å². The Morgan fingerprint density at radius 1 is 1.00 bits per heavy atom. The van der Waals surface area contributed by atoms with Gasteiger partial charge in [-0.25, -0.2) is 9.97 Å². The summed E-state index contributed by atoms with van der Waals surface area (Å²) in [6.45, 7) is 7.52. The summed E-state index contributed by atoms with van der Waals surface area (Å²) in [5, 5.41) is 3.45. The quantitative estimate of drug-likeness (QED) is 0.743. The highest BCUT2D eigenvalue weighted by Crippen LogP contribution is 2.29. The van der Waals surface area contributed by atoms with E-state index in [1.54, 1.807) is 6.20 Å².